The molecule has 4 aromatic heterocycles. The number of pyridine rings is 2. The lowest BCUT2D eigenvalue weighted by Crippen LogP contribution is -2.38. The molecule has 5 heterocycles. The molecule has 0 unspecified atom stereocenters. The third kappa shape index (κ3) is 9.70. The Morgan fingerprint density at radius 1 is 1.00 bits per heavy atom. The van der Waals surface area contributed by atoms with E-state index in [4.69, 9.17) is 14.8 Å². The fourth-order valence-electron chi connectivity index (χ4n) is 7.65. The van der Waals surface area contributed by atoms with Crippen molar-refractivity contribution in [2.24, 2.45) is 5.92 Å². The predicted octanol–water partition coefficient (Wildman–Crippen LogP) is 5.60. The number of sulfonamides is 1. The van der Waals surface area contributed by atoms with Crippen LogP contribution in [0.25, 0.3) is 21.5 Å². The SMILES string of the molecule is CCOC(=O)CCN(C)CCS(=O)(=O)NC(=O)c1nc(N2CCc3cccc(C(=O)Nc4nc5cccnc5s4)c3C2)ccc1-c1cnn(CC2CCCCC2)c1C. The highest BCUT2D eigenvalue weighted by molar-refractivity contribution is 7.90. The van der Waals surface area contributed by atoms with Gasteiger partial charge >= 0.3 is 5.97 Å². The van der Waals surface area contributed by atoms with Gasteiger partial charge in [0.05, 0.1) is 25.0 Å². The first-order chi connectivity index (χ1) is 28.0. The molecule has 0 radical (unpaired) electrons. The van der Waals surface area contributed by atoms with Gasteiger partial charge < -0.3 is 14.5 Å². The van der Waals surface area contributed by atoms with Gasteiger partial charge in [0, 0.05) is 61.3 Å². The number of fused-ring (bicyclic) bond motifs is 2. The molecule has 0 bridgehead atoms. The van der Waals surface area contributed by atoms with E-state index in [1.54, 1.807) is 49.5 Å². The zero-order valence-electron chi connectivity index (χ0n) is 33.1. The Kier molecular flexibility index (Phi) is 12.8. The van der Waals surface area contributed by atoms with E-state index in [1.165, 1.54) is 30.6 Å². The Labute approximate surface area is 342 Å². The van der Waals surface area contributed by atoms with Crippen LogP contribution in [0.3, 0.4) is 0 Å². The number of anilines is 2. The smallest absolute Gasteiger partial charge is 0.307 e. The van der Waals surface area contributed by atoms with Crippen molar-refractivity contribution in [1.82, 2.24) is 34.4 Å². The number of nitrogens with zero attached hydrogens (tertiary/aromatic N) is 7. The molecule has 2 aliphatic rings. The fraction of sp³-hybridized carbons (Fsp3) is 0.439. The lowest BCUT2D eigenvalue weighted by atomic mass is 9.89. The van der Waals surface area contributed by atoms with Crippen molar-refractivity contribution in [2.75, 3.05) is 49.3 Å². The second-order valence-electron chi connectivity index (χ2n) is 14.9. The molecule has 0 atom stereocenters. The number of thiazole rings is 1. The monoisotopic (exact) mass is 827 g/mol. The van der Waals surface area contributed by atoms with Crippen molar-refractivity contribution >= 4 is 60.4 Å². The summed E-state index contributed by atoms with van der Waals surface area (Å²) in [4.78, 5) is 57.7. The molecule has 1 fully saturated rings. The van der Waals surface area contributed by atoms with Crippen LogP contribution in [0.5, 0.6) is 0 Å². The van der Waals surface area contributed by atoms with E-state index in [-0.39, 0.29) is 42.9 Å². The van der Waals surface area contributed by atoms with E-state index in [2.05, 4.69) is 20.0 Å². The molecule has 1 aliphatic carbocycles. The van der Waals surface area contributed by atoms with Crippen molar-refractivity contribution in [1.29, 1.82) is 0 Å². The second kappa shape index (κ2) is 18.1. The maximum absolute atomic E-state index is 14.1. The maximum atomic E-state index is 14.1. The molecule has 0 saturated heterocycles. The van der Waals surface area contributed by atoms with Gasteiger partial charge in [-0.1, -0.05) is 42.7 Å². The predicted molar refractivity (Wildman–Crippen MR) is 223 cm³/mol. The van der Waals surface area contributed by atoms with Crippen LogP contribution < -0.4 is 14.9 Å². The van der Waals surface area contributed by atoms with Crippen LogP contribution in [0.2, 0.25) is 0 Å². The van der Waals surface area contributed by atoms with Crippen LogP contribution in [0.15, 0.2) is 54.9 Å². The quantitative estimate of drug-likeness (QED) is 0.125. The molecule has 1 aromatic carbocycles. The molecule has 0 spiro atoms. The highest BCUT2D eigenvalue weighted by atomic mass is 32.2. The van der Waals surface area contributed by atoms with Gasteiger partial charge in [0.1, 0.15) is 21.9 Å². The Morgan fingerprint density at radius 2 is 1.83 bits per heavy atom. The molecular weight excluding hydrogens is 779 g/mol. The fourth-order valence-corrected chi connectivity index (χ4v) is 9.48. The first-order valence-corrected chi connectivity index (χ1v) is 22.3. The van der Waals surface area contributed by atoms with Crippen molar-refractivity contribution in [2.45, 2.75) is 71.9 Å². The van der Waals surface area contributed by atoms with Crippen LogP contribution in [-0.4, -0.2) is 94.9 Å². The maximum Gasteiger partial charge on any atom is 0.307 e. The number of esters is 1. The summed E-state index contributed by atoms with van der Waals surface area (Å²) in [5, 5.41) is 8.10. The number of rotatable bonds is 15. The van der Waals surface area contributed by atoms with Gasteiger partial charge in [-0.15, -0.1) is 0 Å². The van der Waals surface area contributed by atoms with Gasteiger partial charge in [0.2, 0.25) is 10.0 Å². The minimum atomic E-state index is -4.11. The molecule has 306 valence electrons. The summed E-state index contributed by atoms with van der Waals surface area (Å²) < 4.78 is 35.9. The van der Waals surface area contributed by atoms with Gasteiger partial charge in [-0.05, 0) is 87.5 Å². The molecule has 15 nitrogen and oxygen atoms in total. The molecule has 1 aliphatic heterocycles. The third-order valence-corrected chi connectivity index (χ3v) is 13.0. The molecule has 2 N–H and O–H groups in total. The summed E-state index contributed by atoms with van der Waals surface area (Å²) in [5.74, 6) is -0.883. The van der Waals surface area contributed by atoms with Crippen LogP contribution in [0.1, 0.15) is 83.1 Å². The van der Waals surface area contributed by atoms with Gasteiger partial charge in [-0.3, -0.25) is 24.4 Å². The molecule has 5 aromatic rings. The molecular formula is C41H49N9O6S2. The number of carbonyl (C=O) groups is 3. The van der Waals surface area contributed by atoms with Gasteiger partial charge in [0.15, 0.2) is 5.13 Å². The van der Waals surface area contributed by atoms with E-state index in [0.717, 1.165) is 41.0 Å². The Hall–Kier alpha value is -5.26. The summed E-state index contributed by atoms with van der Waals surface area (Å²) in [6.45, 7) is 6.03. The summed E-state index contributed by atoms with van der Waals surface area (Å²) in [6.07, 6.45) is 10.1. The highest BCUT2D eigenvalue weighted by Gasteiger charge is 2.28. The molecule has 58 heavy (non-hydrogen) atoms. The van der Waals surface area contributed by atoms with Gasteiger partial charge in [0.25, 0.3) is 11.8 Å². The number of hydrogen-bond acceptors (Lipinski definition) is 13. The van der Waals surface area contributed by atoms with Gasteiger partial charge in [-0.25, -0.2) is 28.1 Å². The lowest BCUT2D eigenvalue weighted by Gasteiger charge is -2.31. The topological polar surface area (TPSA) is 182 Å². The Balaban J connectivity index is 1.14. The van der Waals surface area contributed by atoms with Crippen molar-refractivity contribution < 1.29 is 27.5 Å². The molecule has 7 rings (SSSR count). The Bertz CT molecular complexity index is 2370. The zero-order valence-corrected chi connectivity index (χ0v) is 34.7. The molecule has 17 heteroatoms. The number of ether oxygens (including phenoxy) is 1. The zero-order chi connectivity index (χ0) is 40.8. The highest BCUT2D eigenvalue weighted by Crippen LogP contribution is 2.33. The number of benzene rings is 1. The number of carbonyl (C=O) groups excluding carboxylic acids is 3. The third-order valence-electron chi connectivity index (χ3n) is 10.9. The molecule has 2 amide bonds. The normalized spacial score (nSPS) is 14.7. The van der Waals surface area contributed by atoms with Crippen molar-refractivity contribution in [3.8, 4) is 11.1 Å². The van der Waals surface area contributed by atoms with E-state index in [0.29, 0.717) is 65.1 Å². The lowest BCUT2D eigenvalue weighted by molar-refractivity contribution is -0.143. The van der Waals surface area contributed by atoms with Crippen LogP contribution in [0, 0.1) is 12.8 Å². The van der Waals surface area contributed by atoms with Crippen LogP contribution in [0.4, 0.5) is 10.9 Å². The number of hydrogen-bond donors (Lipinski definition) is 2. The molecule has 1 saturated carbocycles. The summed E-state index contributed by atoms with van der Waals surface area (Å²) >= 11 is 1.30. The van der Waals surface area contributed by atoms with E-state index in [9.17, 15) is 22.8 Å². The Morgan fingerprint density at radius 3 is 2.62 bits per heavy atom. The van der Waals surface area contributed by atoms with Crippen LogP contribution >= 0.6 is 11.3 Å². The first kappa shape index (κ1) is 40.9. The second-order valence-corrected chi connectivity index (χ2v) is 17.7. The summed E-state index contributed by atoms with van der Waals surface area (Å²) in [5.41, 5.74) is 5.06. The van der Waals surface area contributed by atoms with Crippen LogP contribution in [-0.2, 0) is 39.1 Å². The first-order valence-electron chi connectivity index (χ1n) is 19.8. The summed E-state index contributed by atoms with van der Waals surface area (Å²) in [7, 11) is -2.40. The van der Waals surface area contributed by atoms with Crippen molar-refractivity contribution in [3.63, 3.8) is 0 Å². The summed E-state index contributed by atoms with van der Waals surface area (Å²) in [6, 6.07) is 12.9. The average Bonchev–Trinajstić information content (AvgIpc) is 3.80. The van der Waals surface area contributed by atoms with E-state index >= 15 is 0 Å². The van der Waals surface area contributed by atoms with E-state index in [1.807, 2.05) is 40.8 Å². The number of nitrogens with one attached hydrogen (secondary N) is 2. The van der Waals surface area contributed by atoms with E-state index < -0.39 is 15.9 Å². The largest absolute Gasteiger partial charge is 0.466 e. The number of amides is 2. The van der Waals surface area contributed by atoms with Gasteiger partial charge in [-0.2, -0.15) is 5.10 Å². The standard InChI is InChI=1S/C41H49N9O6S2/c1-4-56-36(51)18-20-48(3)22-23-58(54,55)47-39(53)37-30(32-24-43-50(27(32)2)25-28-10-6-5-7-11-28)15-16-35(45-37)49-21-17-29-12-8-13-31(33(29)26-49)38(52)46-41-44-34-14-9-19-42-40(34)57-41/h8-9,12-16,19,24,28H,4-7,10-11,17-18,20-23,25-26H2,1-3H3,(H,47,53)(H,44,46,52). The van der Waals surface area contributed by atoms with Crippen molar-refractivity contribution in [3.05, 3.63) is 82.9 Å². The number of aromatic nitrogens is 5. The average molecular weight is 828 g/mol. The minimum Gasteiger partial charge on any atom is -0.466 e. The minimum absolute atomic E-state index is 0.0432.